The molecule has 2 rings (SSSR count). The number of anilines is 1. The molecule has 2 aromatic carbocycles. The van der Waals surface area contributed by atoms with E-state index in [4.69, 9.17) is 21.1 Å². The molecule has 8 heteroatoms. The fraction of sp³-hybridized carbons (Fsp3) is 0.316. The summed E-state index contributed by atoms with van der Waals surface area (Å²) in [5, 5.41) is 2.31. The van der Waals surface area contributed by atoms with Gasteiger partial charge in [0.2, 0.25) is 0 Å². The van der Waals surface area contributed by atoms with Crippen LogP contribution < -0.4 is 14.8 Å². The highest BCUT2D eigenvalue weighted by Gasteiger charge is 2.19. The Labute approximate surface area is 160 Å². The van der Waals surface area contributed by atoms with Crippen molar-refractivity contribution in [2.75, 3.05) is 19.0 Å². The quantitative estimate of drug-likeness (QED) is 0.628. The van der Waals surface area contributed by atoms with Crippen LogP contribution in [-0.4, -0.2) is 19.6 Å². The van der Waals surface area contributed by atoms with Crippen LogP contribution in [-0.2, 0) is 0 Å². The molecule has 1 amide bonds. The van der Waals surface area contributed by atoms with Gasteiger partial charge in [-0.25, -0.2) is 13.2 Å². The van der Waals surface area contributed by atoms with Crippen LogP contribution in [0.3, 0.4) is 0 Å². The molecule has 0 radical (unpaired) electrons. The van der Waals surface area contributed by atoms with Gasteiger partial charge in [-0.15, -0.1) is 0 Å². The van der Waals surface area contributed by atoms with Crippen LogP contribution in [0.15, 0.2) is 24.3 Å². The predicted molar refractivity (Wildman–Crippen MR) is 97.2 cm³/mol. The van der Waals surface area contributed by atoms with E-state index in [1.54, 1.807) is 0 Å². The maximum absolute atomic E-state index is 13.7. The molecule has 0 aliphatic carbocycles. The fourth-order valence-corrected chi connectivity index (χ4v) is 2.47. The van der Waals surface area contributed by atoms with E-state index < -0.39 is 29.0 Å². The number of methoxy groups -OCH3 is 1. The third-order valence-corrected chi connectivity index (χ3v) is 4.00. The first kappa shape index (κ1) is 20.9. The Kier molecular flexibility index (Phi) is 6.96. The summed E-state index contributed by atoms with van der Waals surface area (Å²) < 4.78 is 50.9. The highest BCUT2D eigenvalue weighted by atomic mass is 35.5. The molecule has 0 unspecified atom stereocenters. The van der Waals surface area contributed by atoms with E-state index in [1.807, 2.05) is 13.8 Å². The van der Waals surface area contributed by atoms with Crippen LogP contribution in [0, 0.1) is 23.4 Å². The highest BCUT2D eigenvalue weighted by molar-refractivity contribution is 6.32. The smallest absolute Gasteiger partial charge is 0.255 e. The molecule has 0 bridgehead atoms. The van der Waals surface area contributed by atoms with Gasteiger partial charge < -0.3 is 14.8 Å². The molecule has 0 saturated heterocycles. The largest absolute Gasteiger partial charge is 0.493 e. The van der Waals surface area contributed by atoms with Crippen LogP contribution in [0.25, 0.3) is 0 Å². The first-order valence-electron chi connectivity index (χ1n) is 8.19. The minimum absolute atomic E-state index is 0.0391. The van der Waals surface area contributed by atoms with Crippen LogP contribution in [0.1, 0.15) is 30.6 Å². The number of benzene rings is 2. The summed E-state index contributed by atoms with van der Waals surface area (Å²) in [6.07, 6.45) is 0.803. The van der Waals surface area contributed by atoms with Gasteiger partial charge in [-0.3, -0.25) is 4.79 Å². The average molecular weight is 402 g/mol. The molecule has 2 aromatic rings. The molecule has 0 atom stereocenters. The van der Waals surface area contributed by atoms with E-state index in [0.717, 1.165) is 12.5 Å². The van der Waals surface area contributed by atoms with Crippen molar-refractivity contribution in [2.45, 2.75) is 20.3 Å². The van der Waals surface area contributed by atoms with Crippen LogP contribution >= 0.6 is 11.6 Å². The first-order valence-corrected chi connectivity index (χ1v) is 8.57. The van der Waals surface area contributed by atoms with Crippen molar-refractivity contribution in [3.63, 3.8) is 0 Å². The van der Waals surface area contributed by atoms with Crippen LogP contribution in [0.4, 0.5) is 18.9 Å². The second-order valence-corrected chi connectivity index (χ2v) is 6.60. The molecule has 0 fully saturated rings. The van der Waals surface area contributed by atoms with Crippen LogP contribution in [0.2, 0.25) is 5.02 Å². The minimum atomic E-state index is -1.67. The lowest BCUT2D eigenvalue weighted by molar-refractivity contribution is 0.102. The molecule has 27 heavy (non-hydrogen) atoms. The lowest BCUT2D eigenvalue weighted by Gasteiger charge is -2.15. The second kappa shape index (κ2) is 8.99. The summed E-state index contributed by atoms with van der Waals surface area (Å²) in [5.41, 5.74) is -0.455. The molecule has 0 heterocycles. The third kappa shape index (κ3) is 5.07. The van der Waals surface area contributed by atoms with E-state index in [1.165, 1.54) is 19.2 Å². The van der Waals surface area contributed by atoms with Gasteiger partial charge in [0.15, 0.2) is 29.0 Å². The van der Waals surface area contributed by atoms with Gasteiger partial charge in [0.25, 0.3) is 5.91 Å². The number of nitrogens with one attached hydrogen (secondary N) is 1. The maximum Gasteiger partial charge on any atom is 0.255 e. The number of ether oxygens (including phenoxy) is 2. The number of amides is 1. The molecule has 1 N–H and O–H groups in total. The van der Waals surface area contributed by atoms with Crippen molar-refractivity contribution in [3.05, 3.63) is 52.3 Å². The lowest BCUT2D eigenvalue weighted by atomic mass is 10.1. The molecular formula is C19H19ClF3NO3. The van der Waals surface area contributed by atoms with Gasteiger partial charge in [0.05, 0.1) is 24.4 Å². The number of carbonyl (C=O) groups is 1. The molecule has 0 saturated carbocycles. The average Bonchev–Trinajstić information content (AvgIpc) is 2.62. The van der Waals surface area contributed by atoms with Gasteiger partial charge in [0.1, 0.15) is 0 Å². The van der Waals surface area contributed by atoms with E-state index in [-0.39, 0.29) is 22.1 Å². The molecule has 4 nitrogen and oxygen atoms in total. The SMILES string of the molecule is COc1cc(C(=O)Nc2ccc(F)c(F)c2F)cc(Cl)c1OCCC(C)C. The number of rotatable bonds is 7. The fourth-order valence-electron chi connectivity index (χ4n) is 2.20. The number of halogens is 4. The number of hydrogen-bond acceptors (Lipinski definition) is 3. The molecule has 0 aromatic heterocycles. The molecule has 0 aliphatic heterocycles. The lowest BCUT2D eigenvalue weighted by Crippen LogP contribution is -2.14. The Bertz CT molecular complexity index is 843. The Morgan fingerprint density at radius 3 is 2.52 bits per heavy atom. The van der Waals surface area contributed by atoms with Gasteiger partial charge >= 0.3 is 0 Å². The summed E-state index contributed by atoms with van der Waals surface area (Å²) >= 11 is 6.18. The summed E-state index contributed by atoms with van der Waals surface area (Å²) in [4.78, 5) is 12.3. The summed E-state index contributed by atoms with van der Waals surface area (Å²) in [6.45, 7) is 4.51. The summed E-state index contributed by atoms with van der Waals surface area (Å²) in [5.74, 6) is -4.33. The van der Waals surface area contributed by atoms with Crippen molar-refractivity contribution >= 4 is 23.2 Å². The van der Waals surface area contributed by atoms with E-state index in [9.17, 15) is 18.0 Å². The standard InChI is InChI=1S/C19H19ClF3NO3/c1-10(2)6-7-27-18-12(20)8-11(9-15(18)26-3)19(25)24-14-5-4-13(21)16(22)17(14)23/h4-5,8-10H,6-7H2,1-3H3,(H,24,25). The Morgan fingerprint density at radius 1 is 1.19 bits per heavy atom. The maximum atomic E-state index is 13.7. The van der Waals surface area contributed by atoms with Gasteiger partial charge in [0, 0.05) is 5.56 Å². The zero-order chi connectivity index (χ0) is 20.1. The highest BCUT2D eigenvalue weighted by Crippen LogP contribution is 2.37. The second-order valence-electron chi connectivity index (χ2n) is 6.20. The van der Waals surface area contributed by atoms with E-state index in [0.29, 0.717) is 18.6 Å². The van der Waals surface area contributed by atoms with E-state index in [2.05, 4.69) is 5.32 Å². The van der Waals surface area contributed by atoms with Crippen molar-refractivity contribution in [1.82, 2.24) is 0 Å². The number of carbonyl (C=O) groups excluding carboxylic acids is 1. The zero-order valence-corrected chi connectivity index (χ0v) is 15.8. The van der Waals surface area contributed by atoms with Crippen LogP contribution in [0.5, 0.6) is 11.5 Å². The van der Waals surface area contributed by atoms with Gasteiger partial charge in [-0.05, 0) is 36.6 Å². The molecule has 0 spiro atoms. The predicted octanol–water partition coefficient (Wildman–Crippen LogP) is 5.44. The van der Waals surface area contributed by atoms with Crippen molar-refractivity contribution in [1.29, 1.82) is 0 Å². The topological polar surface area (TPSA) is 47.6 Å². The Hall–Kier alpha value is -2.41. The summed E-state index contributed by atoms with van der Waals surface area (Å²) in [6, 6.07) is 4.33. The zero-order valence-electron chi connectivity index (χ0n) is 15.0. The summed E-state index contributed by atoms with van der Waals surface area (Å²) in [7, 11) is 1.39. The molecular weight excluding hydrogens is 383 g/mol. The number of hydrogen-bond donors (Lipinski definition) is 1. The van der Waals surface area contributed by atoms with Gasteiger partial charge in [-0.1, -0.05) is 25.4 Å². The molecule has 0 aliphatic rings. The van der Waals surface area contributed by atoms with Gasteiger partial charge in [-0.2, -0.15) is 0 Å². The van der Waals surface area contributed by atoms with E-state index >= 15 is 0 Å². The van der Waals surface area contributed by atoms with Crippen molar-refractivity contribution < 1.29 is 27.4 Å². The third-order valence-electron chi connectivity index (χ3n) is 3.72. The normalized spacial score (nSPS) is 10.8. The minimum Gasteiger partial charge on any atom is -0.493 e. The van der Waals surface area contributed by atoms with Crippen molar-refractivity contribution in [2.24, 2.45) is 5.92 Å². The Morgan fingerprint density at radius 2 is 1.89 bits per heavy atom. The monoisotopic (exact) mass is 401 g/mol. The molecule has 146 valence electrons. The Balaban J connectivity index is 2.24. The van der Waals surface area contributed by atoms with Crippen molar-refractivity contribution in [3.8, 4) is 11.5 Å². The first-order chi connectivity index (χ1) is 12.7.